The molecule has 0 aromatic carbocycles. The number of hydrogen-bond acceptors (Lipinski definition) is 2. The van der Waals surface area contributed by atoms with Crippen molar-refractivity contribution in [1.29, 1.82) is 0 Å². The maximum atomic E-state index is 9.09. The van der Waals surface area contributed by atoms with Crippen LogP contribution in [0.3, 0.4) is 0 Å². The number of rotatable bonds is 0. The van der Waals surface area contributed by atoms with Crippen LogP contribution in [-0.4, -0.2) is 10.5 Å². The first-order chi connectivity index (χ1) is 3.46. The predicted octanol–water partition coefficient (Wildman–Crippen LogP) is 1.26. The summed E-state index contributed by atoms with van der Waals surface area (Å²) in [5.41, 5.74) is 8.67. The van der Waals surface area contributed by atoms with E-state index in [4.69, 9.17) is 9.59 Å². The average molecular weight is 242 g/mol. The molecule has 4 nitrogen and oxygen atoms in total. The summed E-state index contributed by atoms with van der Waals surface area (Å²) in [5, 5.41) is -1.28. The second-order valence-electron chi connectivity index (χ2n) is 0.676. The molecule has 11 heavy (non-hydrogen) atoms. The zero-order chi connectivity index (χ0) is 7.15. The van der Waals surface area contributed by atoms with Crippen LogP contribution in [0.2, 0.25) is 0 Å². The van der Waals surface area contributed by atoms with E-state index in [2.05, 4.69) is 36.7 Å². The third kappa shape index (κ3) is 26600. The van der Waals surface area contributed by atoms with Crippen LogP contribution in [0.5, 0.6) is 0 Å². The van der Waals surface area contributed by atoms with Crippen molar-refractivity contribution in [1.82, 2.24) is 0 Å². The summed E-state index contributed by atoms with van der Waals surface area (Å²) in [6.45, 7) is 0. The van der Waals surface area contributed by atoms with Gasteiger partial charge in [-0.15, -0.1) is 0 Å². The molecule has 0 aliphatic heterocycles. The van der Waals surface area contributed by atoms with Gasteiger partial charge in [0.25, 0.3) is 10.5 Å². The zero-order valence-electron chi connectivity index (χ0n) is 4.22. The standard InChI is InChI=1S/2CH3NOS.2CH4.Fe/c2*2-1(3)4;;;/h2*(H3,2,3,4);2*1H4;. The van der Waals surface area contributed by atoms with Gasteiger partial charge in [-0.2, -0.15) is 0 Å². The molecule has 7 heteroatoms. The van der Waals surface area contributed by atoms with E-state index >= 15 is 0 Å². The normalized spacial score (nSPS) is 4.55. The van der Waals surface area contributed by atoms with Crippen LogP contribution in [0.25, 0.3) is 0 Å². The Morgan fingerprint density at radius 3 is 0.909 bits per heavy atom. The van der Waals surface area contributed by atoms with Crippen LogP contribution >= 0.6 is 25.3 Å². The quantitative estimate of drug-likeness (QED) is 0.380. The molecule has 0 saturated carbocycles. The molecule has 0 aromatic heterocycles. The molecule has 0 spiro atoms. The largest absolute Gasteiger partial charge is 0.361 e. The SMILES string of the molecule is C.C.NC(=O)S.NC(=O)S.[Fe]. The molecule has 0 aliphatic rings. The number of primary amides is 2. The van der Waals surface area contributed by atoms with E-state index in [1.807, 2.05) is 0 Å². The Bertz CT molecular complexity index is 82.1. The molecule has 0 unspecified atom stereocenters. The fourth-order valence-electron chi connectivity index (χ4n) is 0. The Hall–Kier alpha value is 0.159. The van der Waals surface area contributed by atoms with Gasteiger partial charge < -0.3 is 11.5 Å². The number of carbonyl (C=O) groups is 2. The molecular weight excluding hydrogens is 228 g/mol. The smallest absolute Gasteiger partial charge is 0.273 e. The molecule has 0 atom stereocenters. The third-order valence-corrected chi connectivity index (χ3v) is 0. The second-order valence-corrected chi connectivity index (χ2v) is 1.56. The molecule has 4 N–H and O–H groups in total. The molecule has 0 aliphatic carbocycles. The van der Waals surface area contributed by atoms with E-state index in [0.29, 0.717) is 0 Å². The molecule has 0 heterocycles. The van der Waals surface area contributed by atoms with Crippen molar-refractivity contribution in [3.8, 4) is 0 Å². The van der Waals surface area contributed by atoms with Gasteiger partial charge in [0.2, 0.25) is 0 Å². The summed E-state index contributed by atoms with van der Waals surface area (Å²) in [7, 11) is 0. The van der Waals surface area contributed by atoms with Gasteiger partial charge in [-0.25, -0.2) is 0 Å². The second kappa shape index (κ2) is 22.5. The van der Waals surface area contributed by atoms with Crippen molar-refractivity contribution < 1.29 is 26.7 Å². The van der Waals surface area contributed by atoms with E-state index in [9.17, 15) is 0 Å². The Morgan fingerprint density at radius 2 is 0.909 bits per heavy atom. The maximum absolute atomic E-state index is 9.09. The predicted molar refractivity (Wildman–Crippen MR) is 50.6 cm³/mol. The van der Waals surface area contributed by atoms with Gasteiger partial charge in [-0.3, -0.25) is 9.59 Å². The molecule has 0 saturated heterocycles. The number of hydrogen-bond donors (Lipinski definition) is 4. The van der Waals surface area contributed by atoms with E-state index in [-0.39, 0.29) is 31.9 Å². The molecule has 2 amide bonds. The van der Waals surface area contributed by atoms with E-state index < -0.39 is 10.5 Å². The first kappa shape index (κ1) is 30.4. The fraction of sp³-hybridized carbons (Fsp3) is 0.500. The van der Waals surface area contributed by atoms with Crippen LogP contribution in [0.1, 0.15) is 14.9 Å². The summed E-state index contributed by atoms with van der Waals surface area (Å²) in [4.78, 5) is 18.2. The first-order valence-corrected chi connectivity index (χ1v) is 2.33. The zero-order valence-corrected chi connectivity index (χ0v) is 7.11. The number of amides is 2. The Kier molecular flexibility index (Phi) is 62.0. The minimum atomic E-state index is -0.639. The van der Waals surface area contributed by atoms with Gasteiger partial charge in [-0.05, 0) is 0 Å². The fourth-order valence-corrected chi connectivity index (χ4v) is 0. The average Bonchev–Trinajstić information content (AvgIpc) is 1.25. The topological polar surface area (TPSA) is 86.2 Å². The van der Waals surface area contributed by atoms with Gasteiger partial charge in [0.1, 0.15) is 0 Å². The van der Waals surface area contributed by atoms with Gasteiger partial charge in [0, 0.05) is 17.1 Å². The molecule has 72 valence electrons. The van der Waals surface area contributed by atoms with Gasteiger partial charge in [0.05, 0.1) is 0 Å². The third-order valence-electron chi connectivity index (χ3n) is 0. The minimum absolute atomic E-state index is 0. The summed E-state index contributed by atoms with van der Waals surface area (Å²) >= 11 is 6.21. The Labute approximate surface area is 88.8 Å². The van der Waals surface area contributed by atoms with Crippen molar-refractivity contribution >= 4 is 35.7 Å². The number of thiol groups is 2. The van der Waals surface area contributed by atoms with Gasteiger partial charge >= 0.3 is 0 Å². The van der Waals surface area contributed by atoms with Crippen molar-refractivity contribution in [2.24, 2.45) is 11.5 Å². The molecule has 0 bridgehead atoms. The molecular formula is C4H14FeN2O2S2. The van der Waals surface area contributed by atoms with Crippen LogP contribution < -0.4 is 11.5 Å². The van der Waals surface area contributed by atoms with Crippen molar-refractivity contribution in [3.05, 3.63) is 0 Å². The van der Waals surface area contributed by atoms with Gasteiger partial charge in [0.15, 0.2) is 0 Å². The van der Waals surface area contributed by atoms with Crippen molar-refractivity contribution in [2.45, 2.75) is 14.9 Å². The van der Waals surface area contributed by atoms with Crippen LogP contribution in [0, 0.1) is 0 Å². The van der Waals surface area contributed by atoms with E-state index in [0.717, 1.165) is 0 Å². The summed E-state index contributed by atoms with van der Waals surface area (Å²) in [5.74, 6) is 0. The van der Waals surface area contributed by atoms with E-state index in [1.165, 1.54) is 0 Å². The summed E-state index contributed by atoms with van der Waals surface area (Å²) in [6.07, 6.45) is 0. The Balaban J connectivity index is -0.0000000171. The van der Waals surface area contributed by atoms with Crippen LogP contribution in [0.4, 0.5) is 9.59 Å². The van der Waals surface area contributed by atoms with Crippen LogP contribution in [0.15, 0.2) is 0 Å². The van der Waals surface area contributed by atoms with Crippen molar-refractivity contribution in [2.75, 3.05) is 0 Å². The number of carbonyl (C=O) groups excluding carboxylic acids is 2. The molecule has 0 fully saturated rings. The first-order valence-electron chi connectivity index (χ1n) is 1.43. The maximum Gasteiger partial charge on any atom is 0.273 e. The Morgan fingerprint density at radius 1 is 0.909 bits per heavy atom. The molecule has 0 aromatic rings. The monoisotopic (exact) mass is 242 g/mol. The van der Waals surface area contributed by atoms with Crippen LogP contribution in [-0.2, 0) is 17.1 Å². The van der Waals surface area contributed by atoms with Gasteiger partial charge in [-0.1, -0.05) is 40.1 Å². The van der Waals surface area contributed by atoms with E-state index in [1.54, 1.807) is 0 Å². The van der Waals surface area contributed by atoms with Crippen molar-refractivity contribution in [3.63, 3.8) is 0 Å². The summed E-state index contributed by atoms with van der Waals surface area (Å²) < 4.78 is 0. The summed E-state index contributed by atoms with van der Waals surface area (Å²) in [6, 6.07) is 0. The molecule has 0 radical (unpaired) electrons. The molecule has 0 rings (SSSR count). The minimum Gasteiger partial charge on any atom is -0.361 e. The number of nitrogens with two attached hydrogens (primary N) is 2.